The molecule has 0 aliphatic rings. The summed E-state index contributed by atoms with van der Waals surface area (Å²) in [6.45, 7) is 11.5. The first kappa shape index (κ1) is 20.3. The van der Waals surface area contributed by atoms with Gasteiger partial charge in [-0.3, -0.25) is 4.79 Å². The fraction of sp³-hybridized carbons (Fsp3) is 0.261. The Morgan fingerprint density at radius 3 is 2.22 bits per heavy atom. The number of anilines is 2. The van der Waals surface area contributed by atoms with Crippen LogP contribution in [0.4, 0.5) is 11.6 Å². The molecule has 0 atom stereocenters. The molecule has 140 valence electrons. The number of nitrogens with one attached hydrogen (secondary N) is 1. The third-order valence-electron chi connectivity index (χ3n) is 4.31. The quantitative estimate of drug-likeness (QED) is 0.575. The van der Waals surface area contributed by atoms with Gasteiger partial charge in [0.2, 0.25) is 5.95 Å². The van der Waals surface area contributed by atoms with E-state index in [0.717, 1.165) is 39.3 Å². The third kappa shape index (κ3) is 4.79. The Morgan fingerprint density at radius 2 is 1.59 bits per heavy atom. The Bertz CT molecular complexity index is 934. The maximum absolute atomic E-state index is 11.9. The van der Waals surface area contributed by atoms with E-state index in [0.29, 0.717) is 5.95 Å². The van der Waals surface area contributed by atoms with Crippen molar-refractivity contribution in [1.82, 2.24) is 9.97 Å². The lowest BCUT2D eigenvalue weighted by Crippen LogP contribution is -2.04. The summed E-state index contributed by atoms with van der Waals surface area (Å²) in [5.74, 6) is 0.611. The molecule has 0 saturated carbocycles. The topological polar surface area (TPSA) is 54.9 Å². The van der Waals surface area contributed by atoms with Crippen LogP contribution in [0.3, 0.4) is 0 Å². The number of carbonyl (C=O) groups excluding carboxylic acids is 1. The Labute approximate surface area is 161 Å². The first-order valence-corrected chi connectivity index (χ1v) is 9.25. The largest absolute Gasteiger partial charge is 0.324 e. The fourth-order valence-corrected chi connectivity index (χ4v) is 2.76. The number of hydrogen-bond acceptors (Lipinski definition) is 4. The number of aromatic nitrogens is 2. The molecule has 1 aromatic heterocycles. The number of Topliss-reactive ketones (excluding diaryl/α,β-unsaturated/α-hetero) is 1. The maximum atomic E-state index is 11.9. The summed E-state index contributed by atoms with van der Waals surface area (Å²) in [6, 6.07) is 15.7. The van der Waals surface area contributed by atoms with Crippen LogP contribution >= 0.6 is 0 Å². The molecule has 3 rings (SSSR count). The predicted octanol–water partition coefficient (Wildman–Crippen LogP) is 6.04. The van der Waals surface area contributed by atoms with Crippen molar-refractivity contribution in [3.63, 3.8) is 0 Å². The molecule has 1 heterocycles. The van der Waals surface area contributed by atoms with Gasteiger partial charge in [-0.15, -0.1) is 0 Å². The van der Waals surface area contributed by atoms with Crippen molar-refractivity contribution in [2.45, 2.75) is 41.5 Å². The number of carbonyl (C=O) groups is 1. The second-order valence-electron chi connectivity index (χ2n) is 6.18. The van der Waals surface area contributed by atoms with Gasteiger partial charge in [0, 0.05) is 22.5 Å². The summed E-state index contributed by atoms with van der Waals surface area (Å²) in [7, 11) is 0. The lowest BCUT2D eigenvalue weighted by atomic mass is 9.98. The van der Waals surface area contributed by atoms with Gasteiger partial charge in [0.1, 0.15) is 0 Å². The molecule has 2 aromatic carbocycles. The molecule has 0 fully saturated rings. The summed E-state index contributed by atoms with van der Waals surface area (Å²) in [5, 5.41) is 3.24. The number of nitrogens with zero attached hydrogens (tertiary/aromatic N) is 2. The van der Waals surface area contributed by atoms with Gasteiger partial charge in [-0.05, 0) is 57.0 Å². The zero-order valence-electron chi connectivity index (χ0n) is 16.9. The van der Waals surface area contributed by atoms with Crippen molar-refractivity contribution in [3.8, 4) is 11.3 Å². The van der Waals surface area contributed by atoms with E-state index in [2.05, 4.69) is 10.3 Å². The number of benzene rings is 2. The monoisotopic (exact) mass is 361 g/mol. The van der Waals surface area contributed by atoms with E-state index in [4.69, 9.17) is 4.98 Å². The van der Waals surface area contributed by atoms with Crippen LogP contribution < -0.4 is 5.32 Å². The minimum absolute atomic E-state index is 0.0606. The van der Waals surface area contributed by atoms with E-state index in [9.17, 15) is 4.79 Å². The maximum Gasteiger partial charge on any atom is 0.228 e. The SMILES string of the molecule is CC.CC(=O)c1cc(-c2nc(Nc3ccccc3)nc(C)c2C)ccc1C. The minimum atomic E-state index is 0.0606. The number of rotatable bonds is 4. The zero-order valence-corrected chi connectivity index (χ0v) is 16.9. The van der Waals surface area contributed by atoms with Gasteiger partial charge in [-0.1, -0.05) is 44.2 Å². The van der Waals surface area contributed by atoms with Gasteiger partial charge in [0.05, 0.1) is 5.69 Å². The second-order valence-corrected chi connectivity index (χ2v) is 6.18. The van der Waals surface area contributed by atoms with Crippen molar-refractivity contribution >= 4 is 17.4 Å². The molecular formula is C23H27N3O. The Morgan fingerprint density at radius 1 is 0.926 bits per heavy atom. The second kappa shape index (κ2) is 9.08. The normalized spacial score (nSPS) is 10.0. The van der Waals surface area contributed by atoms with Crippen LogP contribution in [0.15, 0.2) is 48.5 Å². The molecule has 27 heavy (non-hydrogen) atoms. The Balaban J connectivity index is 0.00000126. The van der Waals surface area contributed by atoms with Gasteiger partial charge in [0.25, 0.3) is 0 Å². The number of ketones is 1. The smallest absolute Gasteiger partial charge is 0.228 e. The summed E-state index contributed by atoms with van der Waals surface area (Å²) < 4.78 is 0. The van der Waals surface area contributed by atoms with Crippen molar-refractivity contribution < 1.29 is 4.79 Å². The molecule has 0 bridgehead atoms. The summed E-state index contributed by atoms with van der Waals surface area (Å²) in [6.07, 6.45) is 0. The van der Waals surface area contributed by atoms with Crippen LogP contribution in [0.5, 0.6) is 0 Å². The van der Waals surface area contributed by atoms with Gasteiger partial charge in [0.15, 0.2) is 5.78 Å². The van der Waals surface area contributed by atoms with E-state index in [1.54, 1.807) is 6.92 Å². The molecule has 4 nitrogen and oxygen atoms in total. The number of aryl methyl sites for hydroxylation is 2. The minimum Gasteiger partial charge on any atom is -0.324 e. The highest BCUT2D eigenvalue weighted by molar-refractivity contribution is 5.96. The van der Waals surface area contributed by atoms with Crippen molar-refractivity contribution in [2.24, 2.45) is 0 Å². The lowest BCUT2D eigenvalue weighted by Gasteiger charge is -2.13. The highest BCUT2D eigenvalue weighted by atomic mass is 16.1. The van der Waals surface area contributed by atoms with Crippen LogP contribution in [0.25, 0.3) is 11.3 Å². The van der Waals surface area contributed by atoms with Gasteiger partial charge in [-0.25, -0.2) is 9.97 Å². The molecule has 0 aliphatic carbocycles. The van der Waals surface area contributed by atoms with E-state index >= 15 is 0 Å². The van der Waals surface area contributed by atoms with Gasteiger partial charge in [-0.2, -0.15) is 0 Å². The molecule has 4 heteroatoms. The molecule has 0 spiro atoms. The molecule has 0 saturated heterocycles. The van der Waals surface area contributed by atoms with E-state index in [1.807, 2.05) is 83.1 Å². The van der Waals surface area contributed by atoms with Crippen LogP contribution in [0.1, 0.15) is 48.0 Å². The average Bonchev–Trinajstić information content (AvgIpc) is 2.67. The van der Waals surface area contributed by atoms with Crippen molar-refractivity contribution in [3.05, 3.63) is 70.9 Å². The Kier molecular flexibility index (Phi) is 6.83. The lowest BCUT2D eigenvalue weighted by molar-refractivity contribution is 0.101. The van der Waals surface area contributed by atoms with Crippen molar-refractivity contribution in [1.29, 1.82) is 0 Å². The summed E-state index contributed by atoms with van der Waals surface area (Å²) in [5.41, 5.74) is 6.33. The molecule has 1 N–H and O–H groups in total. The fourth-order valence-electron chi connectivity index (χ4n) is 2.76. The first-order valence-electron chi connectivity index (χ1n) is 9.25. The molecular weight excluding hydrogens is 334 g/mol. The van der Waals surface area contributed by atoms with Crippen LogP contribution in [-0.4, -0.2) is 15.8 Å². The van der Waals surface area contributed by atoms with Crippen LogP contribution in [0, 0.1) is 20.8 Å². The highest BCUT2D eigenvalue weighted by Crippen LogP contribution is 2.27. The molecule has 0 unspecified atom stereocenters. The Hall–Kier alpha value is -3.01. The average molecular weight is 361 g/mol. The highest BCUT2D eigenvalue weighted by Gasteiger charge is 2.13. The van der Waals surface area contributed by atoms with Crippen molar-refractivity contribution in [2.75, 3.05) is 5.32 Å². The van der Waals surface area contributed by atoms with E-state index in [1.165, 1.54) is 0 Å². The van der Waals surface area contributed by atoms with Gasteiger partial charge < -0.3 is 5.32 Å². The van der Waals surface area contributed by atoms with E-state index in [-0.39, 0.29) is 5.78 Å². The zero-order chi connectivity index (χ0) is 20.0. The summed E-state index contributed by atoms with van der Waals surface area (Å²) in [4.78, 5) is 21.1. The van der Waals surface area contributed by atoms with Crippen LogP contribution in [0.2, 0.25) is 0 Å². The number of hydrogen-bond donors (Lipinski definition) is 1. The standard InChI is InChI=1S/C21H21N3O.C2H6/c1-13-10-11-17(12-19(13)16(4)25)20-14(2)15(3)22-21(24-20)23-18-8-6-5-7-9-18;1-2/h5-12H,1-4H3,(H,22,23,24);1-2H3. The molecule has 0 aliphatic heterocycles. The first-order chi connectivity index (χ1) is 13.0. The van der Waals surface area contributed by atoms with E-state index < -0.39 is 0 Å². The van der Waals surface area contributed by atoms with Crippen LogP contribution in [-0.2, 0) is 0 Å². The predicted molar refractivity (Wildman–Crippen MR) is 113 cm³/mol. The summed E-state index contributed by atoms with van der Waals surface area (Å²) >= 11 is 0. The number of para-hydroxylation sites is 1. The molecule has 3 aromatic rings. The molecule has 0 radical (unpaired) electrons. The van der Waals surface area contributed by atoms with Gasteiger partial charge >= 0.3 is 0 Å². The molecule has 0 amide bonds. The third-order valence-corrected chi connectivity index (χ3v) is 4.31.